The first-order valence-electron chi connectivity index (χ1n) is 9.30. The smallest absolute Gasteiger partial charge is 0.344 e. The zero-order valence-electron chi connectivity index (χ0n) is 16.1. The highest BCUT2D eigenvalue weighted by Gasteiger charge is 2.21. The van der Waals surface area contributed by atoms with Gasteiger partial charge in [-0.05, 0) is 42.1 Å². The van der Waals surface area contributed by atoms with Gasteiger partial charge in [0.2, 0.25) is 5.91 Å². The van der Waals surface area contributed by atoms with Crippen molar-refractivity contribution in [2.75, 3.05) is 24.7 Å². The van der Waals surface area contributed by atoms with Crippen molar-refractivity contribution in [2.24, 2.45) is 0 Å². The van der Waals surface area contributed by atoms with Crippen LogP contribution in [0.5, 0.6) is 5.75 Å². The van der Waals surface area contributed by atoms with Crippen LogP contribution in [0.2, 0.25) is 0 Å². The zero-order chi connectivity index (χ0) is 21.3. The number of esters is 1. The monoisotopic (exact) mass is 431 g/mol. The predicted molar refractivity (Wildman–Crippen MR) is 109 cm³/mol. The Hall–Kier alpha value is -3.40. The van der Waals surface area contributed by atoms with Crippen LogP contribution >= 0.6 is 11.3 Å². The molecule has 9 nitrogen and oxygen atoms in total. The number of benzene rings is 1. The van der Waals surface area contributed by atoms with Crippen LogP contribution in [0.15, 0.2) is 41.8 Å². The Labute approximate surface area is 177 Å². The van der Waals surface area contributed by atoms with Crippen LogP contribution in [0.1, 0.15) is 17.7 Å². The van der Waals surface area contributed by atoms with Crippen molar-refractivity contribution < 1.29 is 28.7 Å². The van der Waals surface area contributed by atoms with Crippen molar-refractivity contribution in [1.82, 2.24) is 10.6 Å². The van der Waals surface area contributed by atoms with Gasteiger partial charge in [0, 0.05) is 23.5 Å². The fourth-order valence-corrected chi connectivity index (χ4v) is 3.41. The molecule has 0 saturated carbocycles. The molecule has 0 unspecified atom stereocenters. The lowest BCUT2D eigenvalue weighted by Crippen LogP contribution is -2.41. The Kier molecular flexibility index (Phi) is 7.39. The second-order valence-corrected chi connectivity index (χ2v) is 7.43. The summed E-state index contributed by atoms with van der Waals surface area (Å²) >= 11 is 1.48. The molecular weight excluding hydrogens is 410 g/mol. The van der Waals surface area contributed by atoms with Crippen LogP contribution < -0.4 is 20.3 Å². The maximum atomic E-state index is 11.7. The summed E-state index contributed by atoms with van der Waals surface area (Å²) < 4.78 is 10.1. The predicted octanol–water partition coefficient (Wildman–Crippen LogP) is 1.82. The van der Waals surface area contributed by atoms with Crippen LogP contribution in [-0.4, -0.2) is 43.6 Å². The number of carbonyl (C=O) groups is 4. The number of hydrogen-bond donors (Lipinski definition) is 2. The Morgan fingerprint density at radius 3 is 2.57 bits per heavy atom. The Morgan fingerprint density at radius 1 is 1.10 bits per heavy atom. The van der Waals surface area contributed by atoms with Crippen LogP contribution in [0, 0.1) is 0 Å². The summed E-state index contributed by atoms with van der Waals surface area (Å²) in [5.74, 6) is -0.972. The maximum Gasteiger partial charge on any atom is 0.344 e. The van der Waals surface area contributed by atoms with Crippen molar-refractivity contribution in [3.63, 3.8) is 0 Å². The molecular formula is C20H21N3O6S. The normalized spacial score (nSPS) is 13.1. The van der Waals surface area contributed by atoms with E-state index in [0.29, 0.717) is 25.3 Å². The number of rotatable bonds is 8. The molecule has 0 radical (unpaired) electrons. The molecule has 4 amide bonds. The minimum Gasteiger partial charge on any atom is -0.482 e. The number of hydrogen-bond acceptors (Lipinski definition) is 7. The first kappa shape index (κ1) is 21.3. The molecule has 2 N–H and O–H groups in total. The molecule has 2 aromatic rings. The SMILES string of the molecule is O=C(COC(=O)COc1ccc(N2CCCC2=O)cc1)NC(=O)NCc1cccs1. The Balaban J connectivity index is 1.32. The summed E-state index contributed by atoms with van der Waals surface area (Å²) in [5.41, 5.74) is 0.779. The van der Waals surface area contributed by atoms with E-state index in [9.17, 15) is 19.2 Å². The number of nitrogens with one attached hydrogen (secondary N) is 2. The number of anilines is 1. The van der Waals surface area contributed by atoms with Crippen molar-refractivity contribution in [2.45, 2.75) is 19.4 Å². The highest BCUT2D eigenvalue weighted by Crippen LogP contribution is 2.23. The summed E-state index contributed by atoms with van der Waals surface area (Å²) in [6.45, 7) is 0.0130. The fourth-order valence-electron chi connectivity index (χ4n) is 2.76. The number of carbonyl (C=O) groups excluding carboxylic acids is 4. The molecule has 1 aromatic heterocycles. The van der Waals surface area contributed by atoms with E-state index in [1.54, 1.807) is 29.2 Å². The summed E-state index contributed by atoms with van der Waals surface area (Å²) in [7, 11) is 0. The van der Waals surface area contributed by atoms with E-state index in [0.717, 1.165) is 17.0 Å². The van der Waals surface area contributed by atoms with Gasteiger partial charge >= 0.3 is 12.0 Å². The van der Waals surface area contributed by atoms with Crippen LogP contribution in [0.3, 0.4) is 0 Å². The van der Waals surface area contributed by atoms with E-state index in [1.165, 1.54) is 11.3 Å². The van der Waals surface area contributed by atoms with Gasteiger partial charge in [0.1, 0.15) is 5.75 Å². The number of ether oxygens (including phenoxy) is 2. The molecule has 0 bridgehead atoms. The molecule has 1 saturated heterocycles. The topological polar surface area (TPSA) is 114 Å². The lowest BCUT2D eigenvalue weighted by atomic mass is 10.3. The number of amides is 4. The summed E-state index contributed by atoms with van der Waals surface area (Å²) in [6.07, 6.45) is 1.39. The van der Waals surface area contributed by atoms with Crippen molar-refractivity contribution >= 4 is 40.8 Å². The van der Waals surface area contributed by atoms with E-state index >= 15 is 0 Å². The molecule has 1 fully saturated rings. The van der Waals surface area contributed by atoms with Crippen LogP contribution in [0.4, 0.5) is 10.5 Å². The molecule has 10 heteroatoms. The zero-order valence-corrected chi connectivity index (χ0v) is 16.9. The van der Waals surface area contributed by atoms with Gasteiger partial charge in [0.15, 0.2) is 13.2 Å². The number of imide groups is 1. The lowest BCUT2D eigenvalue weighted by Gasteiger charge is -2.16. The van der Waals surface area contributed by atoms with Crippen molar-refractivity contribution in [3.05, 3.63) is 46.7 Å². The molecule has 30 heavy (non-hydrogen) atoms. The number of nitrogens with zero attached hydrogens (tertiary/aromatic N) is 1. The Bertz CT molecular complexity index is 898. The quantitative estimate of drug-likeness (QED) is 0.617. The largest absolute Gasteiger partial charge is 0.482 e. The van der Waals surface area contributed by atoms with Crippen LogP contribution in [-0.2, 0) is 25.7 Å². The summed E-state index contributed by atoms with van der Waals surface area (Å²) in [5, 5.41) is 6.48. The highest BCUT2D eigenvalue weighted by molar-refractivity contribution is 7.09. The van der Waals surface area contributed by atoms with Crippen LogP contribution in [0.25, 0.3) is 0 Å². The summed E-state index contributed by atoms with van der Waals surface area (Å²) in [6, 6.07) is 9.83. The molecule has 0 atom stereocenters. The van der Waals surface area contributed by atoms with Gasteiger partial charge < -0.3 is 19.7 Å². The maximum absolute atomic E-state index is 11.7. The Morgan fingerprint density at radius 2 is 1.90 bits per heavy atom. The van der Waals surface area contributed by atoms with E-state index < -0.39 is 24.5 Å². The molecule has 1 aliphatic heterocycles. The second-order valence-electron chi connectivity index (χ2n) is 6.40. The van der Waals surface area contributed by atoms with E-state index in [1.807, 2.05) is 17.5 Å². The molecule has 0 spiro atoms. The van der Waals surface area contributed by atoms with Gasteiger partial charge in [-0.15, -0.1) is 11.3 Å². The minimum atomic E-state index is -0.747. The van der Waals surface area contributed by atoms with Gasteiger partial charge in [-0.2, -0.15) is 0 Å². The van der Waals surface area contributed by atoms with Gasteiger partial charge in [-0.3, -0.25) is 14.9 Å². The third-order valence-corrected chi connectivity index (χ3v) is 5.08. The first-order chi connectivity index (χ1) is 14.5. The molecule has 158 valence electrons. The average molecular weight is 431 g/mol. The van der Waals surface area contributed by atoms with E-state index in [-0.39, 0.29) is 12.5 Å². The average Bonchev–Trinajstić information content (AvgIpc) is 3.41. The van der Waals surface area contributed by atoms with E-state index in [4.69, 9.17) is 9.47 Å². The lowest BCUT2D eigenvalue weighted by molar-refractivity contribution is -0.150. The third kappa shape index (κ3) is 6.31. The molecule has 3 rings (SSSR count). The van der Waals surface area contributed by atoms with Gasteiger partial charge in [-0.1, -0.05) is 6.07 Å². The van der Waals surface area contributed by atoms with E-state index in [2.05, 4.69) is 10.6 Å². The van der Waals surface area contributed by atoms with Crippen molar-refractivity contribution in [1.29, 1.82) is 0 Å². The van der Waals surface area contributed by atoms with Gasteiger partial charge in [-0.25, -0.2) is 9.59 Å². The second kappa shape index (κ2) is 10.4. The number of urea groups is 1. The van der Waals surface area contributed by atoms with Crippen molar-refractivity contribution in [3.8, 4) is 5.75 Å². The highest BCUT2D eigenvalue weighted by atomic mass is 32.1. The standard InChI is InChI=1S/C20H21N3O6S/c24-17(22-20(27)21-11-16-3-2-10-30-16)12-29-19(26)13-28-15-7-5-14(6-8-15)23-9-1-4-18(23)25/h2-3,5-8,10H,1,4,9,11-13H2,(H2,21,22,24,27). The van der Waals surface area contributed by atoms with Gasteiger partial charge in [0.05, 0.1) is 6.54 Å². The number of thiophene rings is 1. The molecule has 1 aliphatic rings. The first-order valence-corrected chi connectivity index (χ1v) is 10.2. The molecule has 0 aliphatic carbocycles. The minimum absolute atomic E-state index is 0.0886. The summed E-state index contributed by atoms with van der Waals surface area (Å²) in [4.78, 5) is 49.4. The van der Waals surface area contributed by atoms with Gasteiger partial charge in [0.25, 0.3) is 5.91 Å². The molecule has 1 aromatic carbocycles. The third-order valence-electron chi connectivity index (χ3n) is 4.20. The molecule has 2 heterocycles. The fraction of sp³-hybridized carbons (Fsp3) is 0.300.